The topological polar surface area (TPSA) is 57.6 Å². The lowest BCUT2D eigenvalue weighted by Crippen LogP contribution is -2.35. The van der Waals surface area contributed by atoms with Crippen molar-refractivity contribution >= 4 is 11.9 Å². The van der Waals surface area contributed by atoms with Crippen LogP contribution in [0.5, 0.6) is 0 Å². The molecule has 6 heteroatoms. The fourth-order valence-electron chi connectivity index (χ4n) is 1.80. The minimum absolute atomic E-state index is 0.132. The molecule has 0 radical (unpaired) electrons. The minimum atomic E-state index is -2.53. The molecule has 0 spiro atoms. The summed E-state index contributed by atoms with van der Waals surface area (Å²) in [6.45, 7) is 1.36. The second-order valence-corrected chi connectivity index (χ2v) is 4.33. The van der Waals surface area contributed by atoms with Crippen molar-refractivity contribution in [3.8, 4) is 0 Å². The fourth-order valence-corrected chi connectivity index (χ4v) is 1.80. The van der Waals surface area contributed by atoms with E-state index < -0.39 is 18.9 Å². The summed E-state index contributed by atoms with van der Waals surface area (Å²) in [4.78, 5) is 23.6. The number of hydrogen-bond donors (Lipinski definition) is 1. The average Bonchev–Trinajstić information content (AvgIpc) is 2.42. The summed E-state index contributed by atoms with van der Waals surface area (Å²) in [5.41, 5.74) is 0.976. The molecule has 0 fully saturated rings. The van der Waals surface area contributed by atoms with Crippen molar-refractivity contribution in [2.45, 2.75) is 26.2 Å². The number of carbonyl (C=O) groups is 2. The third-order valence-electron chi connectivity index (χ3n) is 2.92. The van der Waals surface area contributed by atoms with Gasteiger partial charge in [-0.05, 0) is 31.0 Å². The van der Waals surface area contributed by atoms with Gasteiger partial charge in [0.15, 0.2) is 0 Å². The zero-order valence-corrected chi connectivity index (χ0v) is 11.2. The van der Waals surface area contributed by atoms with Crippen LogP contribution in [0.2, 0.25) is 0 Å². The van der Waals surface area contributed by atoms with Crippen molar-refractivity contribution in [3.05, 3.63) is 35.4 Å². The fraction of sp³-hybridized carbons (Fsp3) is 0.429. The largest absolute Gasteiger partial charge is 0.478 e. The normalized spacial score (nSPS) is 10.6. The molecule has 0 aliphatic carbocycles. The number of benzene rings is 1. The van der Waals surface area contributed by atoms with Crippen LogP contribution in [0.25, 0.3) is 0 Å². The van der Waals surface area contributed by atoms with Gasteiger partial charge in [-0.3, -0.25) is 4.79 Å². The first-order valence-electron chi connectivity index (χ1n) is 6.32. The molecule has 110 valence electrons. The summed E-state index contributed by atoms with van der Waals surface area (Å²) >= 11 is 0. The van der Waals surface area contributed by atoms with E-state index in [9.17, 15) is 18.4 Å². The lowest BCUT2D eigenvalue weighted by molar-refractivity contribution is -0.132. The molecule has 1 aromatic rings. The Balaban J connectivity index is 2.53. The second-order valence-electron chi connectivity index (χ2n) is 4.33. The number of alkyl halides is 2. The standard InChI is InChI=1S/C14H17F2NO3/c1-2-17(9-12(15)16)13(18)8-5-10-3-6-11(7-4-10)14(19)20/h3-4,6-7,12H,2,5,8-9H2,1H3,(H,19,20). The Bertz CT molecular complexity index is 460. The van der Waals surface area contributed by atoms with Gasteiger partial charge in [-0.25, -0.2) is 13.6 Å². The van der Waals surface area contributed by atoms with E-state index in [1.165, 1.54) is 12.1 Å². The summed E-state index contributed by atoms with van der Waals surface area (Å²) in [6, 6.07) is 6.16. The van der Waals surface area contributed by atoms with Gasteiger partial charge in [0.2, 0.25) is 5.91 Å². The molecule has 1 N–H and O–H groups in total. The molecule has 1 rings (SSSR count). The summed E-state index contributed by atoms with van der Waals surface area (Å²) in [6.07, 6.45) is -2.00. The highest BCUT2D eigenvalue weighted by molar-refractivity contribution is 5.87. The molecule has 1 amide bonds. The molecule has 4 nitrogen and oxygen atoms in total. The number of aromatic carboxylic acids is 1. The first-order chi connectivity index (χ1) is 9.43. The van der Waals surface area contributed by atoms with Crippen LogP contribution < -0.4 is 0 Å². The molecule has 0 unspecified atom stereocenters. The predicted molar refractivity (Wildman–Crippen MR) is 70.0 cm³/mol. The summed E-state index contributed by atoms with van der Waals surface area (Å²) in [5.74, 6) is -1.34. The highest BCUT2D eigenvalue weighted by Crippen LogP contribution is 2.09. The molecule has 20 heavy (non-hydrogen) atoms. The first-order valence-corrected chi connectivity index (χ1v) is 6.32. The summed E-state index contributed by atoms with van der Waals surface area (Å²) in [7, 11) is 0. The average molecular weight is 285 g/mol. The Kier molecular flexibility index (Phi) is 6.09. The van der Waals surface area contributed by atoms with E-state index in [1.54, 1.807) is 19.1 Å². The zero-order valence-electron chi connectivity index (χ0n) is 11.2. The number of nitrogens with zero attached hydrogens (tertiary/aromatic N) is 1. The van der Waals surface area contributed by atoms with Crippen LogP contribution in [0, 0.1) is 0 Å². The Labute approximate surface area is 116 Å². The minimum Gasteiger partial charge on any atom is -0.478 e. The second kappa shape index (κ2) is 7.57. The molecule has 0 saturated carbocycles. The number of carboxylic acid groups (broad SMARTS) is 1. The van der Waals surface area contributed by atoms with Crippen LogP contribution in [-0.2, 0) is 11.2 Å². The molecule has 0 aliphatic heterocycles. The number of aryl methyl sites for hydroxylation is 1. The Hall–Kier alpha value is -1.98. The van der Waals surface area contributed by atoms with E-state index >= 15 is 0 Å². The van der Waals surface area contributed by atoms with E-state index in [2.05, 4.69) is 0 Å². The molecule has 1 aromatic carbocycles. The van der Waals surface area contributed by atoms with Crippen LogP contribution in [0.15, 0.2) is 24.3 Å². The molecule has 0 saturated heterocycles. The lowest BCUT2D eigenvalue weighted by Gasteiger charge is -2.20. The summed E-state index contributed by atoms with van der Waals surface area (Å²) in [5, 5.41) is 8.75. The van der Waals surface area contributed by atoms with E-state index in [1.807, 2.05) is 0 Å². The highest BCUT2D eigenvalue weighted by atomic mass is 19.3. The monoisotopic (exact) mass is 285 g/mol. The van der Waals surface area contributed by atoms with Crippen molar-refractivity contribution in [2.75, 3.05) is 13.1 Å². The van der Waals surface area contributed by atoms with Crippen LogP contribution in [0.4, 0.5) is 8.78 Å². The predicted octanol–water partition coefficient (Wildman–Crippen LogP) is 2.43. The smallest absolute Gasteiger partial charge is 0.335 e. The van der Waals surface area contributed by atoms with Gasteiger partial charge < -0.3 is 10.0 Å². The van der Waals surface area contributed by atoms with Crippen molar-refractivity contribution in [1.82, 2.24) is 4.90 Å². The van der Waals surface area contributed by atoms with Gasteiger partial charge in [0, 0.05) is 13.0 Å². The maximum Gasteiger partial charge on any atom is 0.335 e. The van der Waals surface area contributed by atoms with Crippen LogP contribution in [-0.4, -0.2) is 41.4 Å². The Morgan fingerprint density at radius 2 is 1.85 bits per heavy atom. The third-order valence-corrected chi connectivity index (χ3v) is 2.92. The summed E-state index contributed by atoms with van der Waals surface area (Å²) < 4.78 is 24.5. The molecule has 0 heterocycles. The van der Waals surface area contributed by atoms with Crippen molar-refractivity contribution in [1.29, 1.82) is 0 Å². The molecular weight excluding hydrogens is 268 g/mol. The molecular formula is C14H17F2NO3. The number of halogens is 2. The van der Waals surface area contributed by atoms with E-state index in [0.717, 1.165) is 10.5 Å². The SMILES string of the molecule is CCN(CC(F)F)C(=O)CCc1ccc(C(=O)O)cc1. The quantitative estimate of drug-likeness (QED) is 0.837. The van der Waals surface area contributed by atoms with Crippen molar-refractivity contribution < 1.29 is 23.5 Å². The molecule has 0 atom stereocenters. The van der Waals surface area contributed by atoms with Gasteiger partial charge in [0.05, 0.1) is 12.1 Å². The molecule has 0 bridgehead atoms. The Morgan fingerprint density at radius 1 is 1.25 bits per heavy atom. The first kappa shape index (κ1) is 16.1. The van der Waals surface area contributed by atoms with Crippen LogP contribution in [0.1, 0.15) is 29.3 Å². The highest BCUT2D eigenvalue weighted by Gasteiger charge is 2.16. The van der Waals surface area contributed by atoms with Gasteiger partial charge in [0.1, 0.15) is 0 Å². The number of amides is 1. The molecule has 0 aliphatic rings. The van der Waals surface area contributed by atoms with Crippen LogP contribution in [0.3, 0.4) is 0 Å². The van der Waals surface area contributed by atoms with E-state index in [0.29, 0.717) is 6.42 Å². The van der Waals surface area contributed by atoms with E-state index in [4.69, 9.17) is 5.11 Å². The number of rotatable bonds is 7. The zero-order chi connectivity index (χ0) is 15.1. The number of hydrogen-bond acceptors (Lipinski definition) is 2. The lowest BCUT2D eigenvalue weighted by atomic mass is 10.1. The number of carbonyl (C=O) groups excluding carboxylic acids is 1. The maximum atomic E-state index is 12.3. The van der Waals surface area contributed by atoms with Gasteiger partial charge in [0.25, 0.3) is 6.43 Å². The van der Waals surface area contributed by atoms with Gasteiger partial charge in [-0.2, -0.15) is 0 Å². The van der Waals surface area contributed by atoms with Gasteiger partial charge >= 0.3 is 5.97 Å². The van der Waals surface area contributed by atoms with Gasteiger partial charge in [-0.15, -0.1) is 0 Å². The maximum absolute atomic E-state index is 12.3. The van der Waals surface area contributed by atoms with E-state index in [-0.39, 0.29) is 24.4 Å². The molecule has 0 aromatic heterocycles. The van der Waals surface area contributed by atoms with Gasteiger partial charge in [-0.1, -0.05) is 12.1 Å². The van der Waals surface area contributed by atoms with Crippen molar-refractivity contribution in [3.63, 3.8) is 0 Å². The Morgan fingerprint density at radius 3 is 2.30 bits per heavy atom. The van der Waals surface area contributed by atoms with Crippen molar-refractivity contribution in [2.24, 2.45) is 0 Å². The number of carboxylic acids is 1. The van der Waals surface area contributed by atoms with Crippen LogP contribution >= 0.6 is 0 Å². The third kappa shape index (κ3) is 4.95.